The fourth-order valence-electron chi connectivity index (χ4n) is 1.98. The lowest BCUT2D eigenvalue weighted by Crippen LogP contribution is -2.47. The lowest BCUT2D eigenvalue weighted by atomic mass is 10.2. The maximum Gasteiger partial charge on any atom is 0.276 e. The summed E-state index contributed by atoms with van der Waals surface area (Å²) < 4.78 is 0. The molecule has 1 aliphatic heterocycles. The molecule has 0 unspecified atom stereocenters. The molecule has 6 heteroatoms. The van der Waals surface area contributed by atoms with E-state index in [1.54, 1.807) is 0 Å². The van der Waals surface area contributed by atoms with Crippen molar-refractivity contribution < 1.29 is 4.79 Å². The Morgan fingerprint density at radius 2 is 2.06 bits per heavy atom. The summed E-state index contributed by atoms with van der Waals surface area (Å²) in [7, 11) is 2.06. The maximum atomic E-state index is 12.2. The van der Waals surface area contributed by atoms with Crippen LogP contribution in [0.15, 0.2) is 0 Å². The second-order valence-corrected chi connectivity index (χ2v) is 4.41. The van der Waals surface area contributed by atoms with Gasteiger partial charge in [-0.25, -0.2) is 0 Å². The molecule has 1 saturated heterocycles. The molecule has 0 spiro atoms. The molecular formula is C11H19N5O. The summed E-state index contributed by atoms with van der Waals surface area (Å²) in [5, 5.41) is 6.85. The molecule has 1 amide bonds. The van der Waals surface area contributed by atoms with Crippen molar-refractivity contribution in [1.29, 1.82) is 0 Å². The maximum absolute atomic E-state index is 12.2. The van der Waals surface area contributed by atoms with Crippen LogP contribution in [0.5, 0.6) is 0 Å². The third-order valence-electron chi connectivity index (χ3n) is 3.23. The zero-order valence-corrected chi connectivity index (χ0v) is 10.4. The largest absolute Gasteiger partial charge is 0.395 e. The molecule has 1 aromatic rings. The van der Waals surface area contributed by atoms with E-state index in [1.165, 1.54) is 0 Å². The van der Waals surface area contributed by atoms with Crippen LogP contribution >= 0.6 is 0 Å². The van der Waals surface area contributed by atoms with E-state index in [0.717, 1.165) is 38.3 Å². The average molecular weight is 237 g/mol. The molecule has 1 aromatic heterocycles. The predicted octanol–water partition coefficient (Wildman–Crippen LogP) is -0.0581. The van der Waals surface area contributed by atoms with Gasteiger partial charge in [0.25, 0.3) is 5.91 Å². The van der Waals surface area contributed by atoms with Gasteiger partial charge in [-0.15, -0.1) is 0 Å². The van der Waals surface area contributed by atoms with Crippen molar-refractivity contribution >= 4 is 11.6 Å². The fourth-order valence-corrected chi connectivity index (χ4v) is 1.98. The van der Waals surface area contributed by atoms with Crippen LogP contribution in [0, 0.1) is 0 Å². The monoisotopic (exact) mass is 237 g/mol. The molecule has 0 saturated carbocycles. The number of piperazine rings is 1. The van der Waals surface area contributed by atoms with Gasteiger partial charge in [0.15, 0.2) is 5.69 Å². The summed E-state index contributed by atoms with van der Waals surface area (Å²) >= 11 is 0. The molecule has 6 nitrogen and oxygen atoms in total. The molecule has 0 aliphatic carbocycles. The number of hydrogen-bond donors (Lipinski definition) is 2. The smallest absolute Gasteiger partial charge is 0.276 e. The van der Waals surface area contributed by atoms with E-state index in [-0.39, 0.29) is 5.91 Å². The van der Waals surface area contributed by atoms with Crippen molar-refractivity contribution in [3.05, 3.63) is 11.4 Å². The van der Waals surface area contributed by atoms with Crippen LogP contribution in [0.4, 0.5) is 5.69 Å². The van der Waals surface area contributed by atoms with Crippen LogP contribution in [0.25, 0.3) is 0 Å². The summed E-state index contributed by atoms with van der Waals surface area (Å²) in [5.41, 5.74) is 7.60. The summed E-state index contributed by atoms with van der Waals surface area (Å²) in [5.74, 6) is -0.0634. The van der Waals surface area contributed by atoms with Crippen molar-refractivity contribution in [2.45, 2.75) is 13.3 Å². The first-order chi connectivity index (χ1) is 8.13. The number of hydrogen-bond acceptors (Lipinski definition) is 4. The van der Waals surface area contributed by atoms with E-state index in [4.69, 9.17) is 5.73 Å². The van der Waals surface area contributed by atoms with Gasteiger partial charge in [-0.05, 0) is 13.5 Å². The number of likely N-dealkylation sites (N-methyl/N-ethyl adjacent to an activating group) is 1. The number of nitrogen functional groups attached to an aromatic ring is 1. The summed E-state index contributed by atoms with van der Waals surface area (Å²) in [4.78, 5) is 16.2. The van der Waals surface area contributed by atoms with Crippen LogP contribution in [0.2, 0.25) is 0 Å². The van der Waals surface area contributed by atoms with Crippen LogP contribution < -0.4 is 5.73 Å². The molecule has 1 aliphatic rings. The van der Waals surface area contributed by atoms with E-state index in [0.29, 0.717) is 11.4 Å². The average Bonchev–Trinajstić information content (AvgIpc) is 2.70. The highest BCUT2D eigenvalue weighted by Gasteiger charge is 2.24. The van der Waals surface area contributed by atoms with E-state index >= 15 is 0 Å². The summed E-state index contributed by atoms with van der Waals surface area (Å²) in [6.07, 6.45) is 0.759. The Morgan fingerprint density at radius 3 is 2.59 bits per heavy atom. The van der Waals surface area contributed by atoms with E-state index in [1.807, 2.05) is 11.8 Å². The number of aryl methyl sites for hydroxylation is 1. The summed E-state index contributed by atoms with van der Waals surface area (Å²) in [6.45, 7) is 5.26. The van der Waals surface area contributed by atoms with Gasteiger partial charge in [0.1, 0.15) is 0 Å². The molecule has 1 fully saturated rings. The topological polar surface area (TPSA) is 78.2 Å². The van der Waals surface area contributed by atoms with Gasteiger partial charge in [-0.3, -0.25) is 9.89 Å². The van der Waals surface area contributed by atoms with E-state index in [9.17, 15) is 4.79 Å². The Kier molecular flexibility index (Phi) is 3.33. The van der Waals surface area contributed by atoms with Crippen LogP contribution in [0.3, 0.4) is 0 Å². The Balaban J connectivity index is 2.11. The normalized spacial score (nSPS) is 17.4. The predicted molar refractivity (Wildman–Crippen MR) is 65.8 cm³/mol. The second kappa shape index (κ2) is 4.75. The molecule has 3 N–H and O–H groups in total. The highest BCUT2D eigenvalue weighted by molar-refractivity contribution is 5.97. The first kappa shape index (κ1) is 11.9. The van der Waals surface area contributed by atoms with Crippen LogP contribution in [-0.2, 0) is 6.42 Å². The zero-order valence-electron chi connectivity index (χ0n) is 10.4. The number of H-pyrrole nitrogens is 1. The van der Waals surface area contributed by atoms with E-state index < -0.39 is 0 Å². The number of amides is 1. The zero-order chi connectivity index (χ0) is 12.4. The first-order valence-electron chi connectivity index (χ1n) is 5.94. The van der Waals surface area contributed by atoms with Gasteiger partial charge in [0.2, 0.25) is 0 Å². The van der Waals surface area contributed by atoms with Gasteiger partial charge >= 0.3 is 0 Å². The van der Waals surface area contributed by atoms with Crippen molar-refractivity contribution in [3.63, 3.8) is 0 Å². The number of anilines is 1. The number of nitrogens with zero attached hydrogens (tertiary/aromatic N) is 3. The number of aromatic nitrogens is 2. The molecule has 0 radical (unpaired) electrons. The van der Waals surface area contributed by atoms with E-state index in [2.05, 4.69) is 22.1 Å². The standard InChI is InChI=1S/C11H19N5O/c1-3-8-9(12)10(14-13-8)11(17)16-6-4-15(2)5-7-16/h3-7,12H2,1-2H3,(H,13,14). The van der Waals surface area contributed by atoms with Crippen LogP contribution in [-0.4, -0.2) is 59.1 Å². The molecule has 2 rings (SSSR count). The quantitative estimate of drug-likeness (QED) is 0.755. The Hall–Kier alpha value is -1.56. The van der Waals surface area contributed by atoms with Crippen molar-refractivity contribution in [1.82, 2.24) is 20.0 Å². The van der Waals surface area contributed by atoms with Crippen molar-refractivity contribution in [2.24, 2.45) is 0 Å². The lowest BCUT2D eigenvalue weighted by molar-refractivity contribution is 0.0659. The Labute approximate surface area is 101 Å². The Morgan fingerprint density at radius 1 is 1.41 bits per heavy atom. The molecule has 0 atom stereocenters. The molecular weight excluding hydrogens is 218 g/mol. The minimum absolute atomic E-state index is 0.0634. The lowest BCUT2D eigenvalue weighted by Gasteiger charge is -2.32. The minimum Gasteiger partial charge on any atom is -0.395 e. The third-order valence-corrected chi connectivity index (χ3v) is 3.23. The second-order valence-electron chi connectivity index (χ2n) is 4.41. The number of carbonyl (C=O) groups is 1. The number of aromatic amines is 1. The highest BCUT2D eigenvalue weighted by atomic mass is 16.2. The molecule has 0 bridgehead atoms. The molecule has 17 heavy (non-hydrogen) atoms. The number of rotatable bonds is 2. The highest BCUT2D eigenvalue weighted by Crippen LogP contribution is 2.17. The molecule has 94 valence electrons. The first-order valence-corrected chi connectivity index (χ1v) is 5.94. The molecule has 2 heterocycles. The van der Waals surface area contributed by atoms with Gasteiger partial charge < -0.3 is 15.5 Å². The SMILES string of the molecule is CCc1[nH]nc(C(=O)N2CCN(C)CC2)c1N. The van der Waals surface area contributed by atoms with Gasteiger partial charge in [-0.1, -0.05) is 6.92 Å². The van der Waals surface area contributed by atoms with Crippen LogP contribution in [0.1, 0.15) is 23.1 Å². The number of nitrogens with one attached hydrogen (secondary N) is 1. The Bertz CT molecular complexity index is 406. The van der Waals surface area contributed by atoms with Gasteiger partial charge in [0.05, 0.1) is 11.4 Å². The fraction of sp³-hybridized carbons (Fsp3) is 0.636. The van der Waals surface area contributed by atoms with Gasteiger partial charge in [0, 0.05) is 26.2 Å². The van der Waals surface area contributed by atoms with Crippen molar-refractivity contribution in [2.75, 3.05) is 39.0 Å². The molecule has 0 aromatic carbocycles. The third kappa shape index (κ3) is 2.26. The van der Waals surface area contributed by atoms with Crippen molar-refractivity contribution in [3.8, 4) is 0 Å². The van der Waals surface area contributed by atoms with Gasteiger partial charge in [-0.2, -0.15) is 5.10 Å². The number of nitrogens with two attached hydrogens (primary N) is 1. The minimum atomic E-state index is -0.0634. The number of carbonyl (C=O) groups excluding carboxylic acids is 1. The summed E-state index contributed by atoms with van der Waals surface area (Å²) in [6, 6.07) is 0.